The van der Waals surface area contributed by atoms with Crippen LogP contribution in [0.4, 0.5) is 24.5 Å². The Kier molecular flexibility index (Phi) is 2.98. The van der Waals surface area contributed by atoms with Gasteiger partial charge >= 0.3 is 6.61 Å². The molecule has 15 heavy (non-hydrogen) atoms. The van der Waals surface area contributed by atoms with E-state index in [9.17, 15) is 23.3 Å². The number of hydrogen-bond acceptors (Lipinski definition) is 4. The molecule has 1 rings (SSSR count). The highest BCUT2D eigenvalue weighted by Gasteiger charge is 2.18. The molecule has 82 valence electrons. The third-order valence-corrected chi connectivity index (χ3v) is 1.49. The minimum atomic E-state index is -3.22. The maximum atomic E-state index is 12.9. The van der Waals surface area contributed by atoms with Gasteiger partial charge in [-0.05, 0) is 0 Å². The summed E-state index contributed by atoms with van der Waals surface area (Å²) in [5.41, 5.74) is 3.99. The maximum Gasteiger partial charge on any atom is 0.387 e. The van der Waals surface area contributed by atoms with Crippen LogP contribution in [0.5, 0.6) is 5.75 Å². The van der Waals surface area contributed by atoms with E-state index >= 15 is 0 Å². The second-order valence-corrected chi connectivity index (χ2v) is 2.48. The molecule has 0 aromatic heterocycles. The summed E-state index contributed by atoms with van der Waals surface area (Å²) in [6.07, 6.45) is 0. The fourth-order valence-electron chi connectivity index (χ4n) is 0.903. The number of benzene rings is 1. The quantitative estimate of drug-likeness (QED) is 0.481. The van der Waals surface area contributed by atoms with Crippen LogP contribution < -0.4 is 10.5 Å². The third kappa shape index (κ3) is 2.48. The number of nitrogens with two attached hydrogens (primary N) is 1. The summed E-state index contributed by atoms with van der Waals surface area (Å²) in [7, 11) is 0. The lowest BCUT2D eigenvalue weighted by atomic mass is 10.2. The lowest BCUT2D eigenvalue weighted by molar-refractivity contribution is -0.384. The standard InChI is InChI=1S/C7H5F3N2O3/c8-3-1-5(12(13)14)4(11)2-6(3)15-7(9)10/h1-2,7H,11H2. The number of alkyl halides is 2. The van der Waals surface area contributed by atoms with Crippen molar-refractivity contribution < 1.29 is 22.8 Å². The van der Waals surface area contributed by atoms with Crippen LogP contribution in [0, 0.1) is 15.9 Å². The van der Waals surface area contributed by atoms with Crippen LogP contribution in [-0.2, 0) is 0 Å². The van der Waals surface area contributed by atoms with Gasteiger partial charge in [-0.1, -0.05) is 0 Å². The Hall–Kier alpha value is -1.99. The van der Waals surface area contributed by atoms with Crippen LogP contribution in [0.25, 0.3) is 0 Å². The van der Waals surface area contributed by atoms with Gasteiger partial charge in [0.2, 0.25) is 0 Å². The van der Waals surface area contributed by atoms with Gasteiger partial charge in [0.1, 0.15) is 5.69 Å². The summed E-state index contributed by atoms with van der Waals surface area (Å²) in [5, 5.41) is 10.3. The highest BCUT2D eigenvalue weighted by atomic mass is 19.3. The number of ether oxygens (including phenoxy) is 1. The SMILES string of the molecule is Nc1cc(OC(F)F)c(F)cc1[N+](=O)[O-]. The van der Waals surface area contributed by atoms with E-state index in [2.05, 4.69) is 4.74 Å². The molecule has 0 aliphatic carbocycles. The van der Waals surface area contributed by atoms with Gasteiger partial charge in [0.05, 0.1) is 11.0 Å². The summed E-state index contributed by atoms with van der Waals surface area (Å²) < 4.78 is 40.1. The van der Waals surface area contributed by atoms with Crippen LogP contribution in [-0.4, -0.2) is 11.5 Å². The molecule has 0 aliphatic rings. The Bertz CT molecular complexity index is 397. The van der Waals surface area contributed by atoms with Crippen molar-refractivity contribution in [3.8, 4) is 5.75 Å². The Balaban J connectivity index is 3.13. The van der Waals surface area contributed by atoms with Crippen molar-refractivity contribution in [2.24, 2.45) is 0 Å². The number of halogens is 3. The van der Waals surface area contributed by atoms with Crippen molar-refractivity contribution in [3.05, 3.63) is 28.1 Å². The first kappa shape index (κ1) is 11.1. The Morgan fingerprint density at radius 2 is 2.07 bits per heavy atom. The Morgan fingerprint density at radius 1 is 1.47 bits per heavy atom. The van der Waals surface area contributed by atoms with E-state index in [1.807, 2.05) is 0 Å². The minimum absolute atomic E-state index is 0.424. The smallest absolute Gasteiger partial charge is 0.387 e. The first-order valence-electron chi connectivity index (χ1n) is 3.60. The number of nitrogen functional groups attached to an aromatic ring is 1. The fourth-order valence-corrected chi connectivity index (χ4v) is 0.903. The van der Waals surface area contributed by atoms with Crippen LogP contribution in [0.15, 0.2) is 12.1 Å². The summed E-state index contributed by atoms with van der Waals surface area (Å²) in [5.74, 6) is -2.09. The molecule has 5 nitrogen and oxygen atoms in total. The molecule has 0 atom stereocenters. The van der Waals surface area contributed by atoms with Crippen molar-refractivity contribution in [1.82, 2.24) is 0 Å². The molecule has 0 amide bonds. The van der Waals surface area contributed by atoms with E-state index in [1.165, 1.54) is 0 Å². The zero-order valence-electron chi connectivity index (χ0n) is 7.12. The third-order valence-electron chi connectivity index (χ3n) is 1.49. The molecule has 0 fully saturated rings. The molecular weight excluding hydrogens is 217 g/mol. The molecule has 0 aliphatic heterocycles. The average molecular weight is 222 g/mol. The highest BCUT2D eigenvalue weighted by molar-refractivity contribution is 5.61. The molecule has 1 aromatic carbocycles. The normalized spacial score (nSPS) is 10.4. The van der Waals surface area contributed by atoms with Crippen LogP contribution in [0.1, 0.15) is 0 Å². The van der Waals surface area contributed by atoms with Gasteiger partial charge in [0.15, 0.2) is 11.6 Å². The van der Waals surface area contributed by atoms with E-state index in [-0.39, 0.29) is 0 Å². The summed E-state index contributed by atoms with van der Waals surface area (Å²) in [6.45, 7) is -3.22. The minimum Gasteiger partial charge on any atom is -0.432 e. The van der Waals surface area contributed by atoms with Crippen molar-refractivity contribution in [2.45, 2.75) is 6.61 Å². The van der Waals surface area contributed by atoms with Gasteiger partial charge in [0, 0.05) is 6.07 Å². The Morgan fingerprint density at radius 3 is 2.53 bits per heavy atom. The van der Waals surface area contributed by atoms with Crippen LogP contribution in [0.3, 0.4) is 0 Å². The molecule has 0 saturated carbocycles. The Labute approximate surface area is 81.4 Å². The second-order valence-electron chi connectivity index (χ2n) is 2.48. The summed E-state index contributed by atoms with van der Waals surface area (Å²) in [4.78, 5) is 9.35. The molecule has 0 heterocycles. The van der Waals surface area contributed by atoms with Crippen molar-refractivity contribution >= 4 is 11.4 Å². The second kappa shape index (κ2) is 4.03. The molecule has 0 bridgehead atoms. The number of nitro benzene ring substituents is 1. The van der Waals surface area contributed by atoms with E-state index in [1.54, 1.807) is 0 Å². The lowest BCUT2D eigenvalue weighted by Crippen LogP contribution is -2.05. The molecule has 2 N–H and O–H groups in total. The number of rotatable bonds is 3. The van der Waals surface area contributed by atoms with E-state index in [0.717, 1.165) is 0 Å². The van der Waals surface area contributed by atoms with Gasteiger partial charge in [-0.15, -0.1) is 0 Å². The molecule has 1 aromatic rings. The van der Waals surface area contributed by atoms with Crippen molar-refractivity contribution in [2.75, 3.05) is 5.73 Å². The highest BCUT2D eigenvalue weighted by Crippen LogP contribution is 2.30. The maximum absolute atomic E-state index is 12.9. The predicted molar refractivity (Wildman–Crippen MR) is 44.1 cm³/mol. The molecule has 0 spiro atoms. The molecule has 0 saturated heterocycles. The first-order chi connectivity index (χ1) is 6.91. The number of nitrogens with zero attached hydrogens (tertiary/aromatic N) is 1. The van der Waals surface area contributed by atoms with Gasteiger partial charge in [-0.2, -0.15) is 8.78 Å². The van der Waals surface area contributed by atoms with Gasteiger partial charge in [-0.3, -0.25) is 10.1 Å². The summed E-state index contributed by atoms with van der Waals surface area (Å²) in [6, 6.07) is 1.06. The predicted octanol–water partition coefficient (Wildman–Crippen LogP) is 1.92. The van der Waals surface area contributed by atoms with E-state index in [4.69, 9.17) is 5.73 Å². The lowest BCUT2D eigenvalue weighted by Gasteiger charge is -2.06. The van der Waals surface area contributed by atoms with Crippen molar-refractivity contribution in [1.29, 1.82) is 0 Å². The topological polar surface area (TPSA) is 78.4 Å². The van der Waals surface area contributed by atoms with E-state index in [0.29, 0.717) is 12.1 Å². The number of hydrogen-bond donors (Lipinski definition) is 1. The van der Waals surface area contributed by atoms with Crippen LogP contribution in [0.2, 0.25) is 0 Å². The molecule has 0 unspecified atom stereocenters. The monoisotopic (exact) mass is 222 g/mol. The van der Waals surface area contributed by atoms with Crippen LogP contribution >= 0.6 is 0 Å². The fraction of sp³-hybridized carbons (Fsp3) is 0.143. The first-order valence-corrected chi connectivity index (χ1v) is 3.60. The molecule has 0 radical (unpaired) electrons. The van der Waals surface area contributed by atoms with Gasteiger partial charge < -0.3 is 10.5 Å². The van der Waals surface area contributed by atoms with Crippen molar-refractivity contribution in [3.63, 3.8) is 0 Å². The largest absolute Gasteiger partial charge is 0.432 e. The molecular formula is C7H5F3N2O3. The number of nitro groups is 1. The average Bonchev–Trinajstić information content (AvgIpc) is 2.09. The zero-order valence-corrected chi connectivity index (χ0v) is 7.12. The summed E-state index contributed by atoms with van der Waals surface area (Å²) >= 11 is 0. The molecule has 8 heteroatoms. The van der Waals surface area contributed by atoms with Gasteiger partial charge in [-0.25, -0.2) is 4.39 Å². The number of anilines is 1. The van der Waals surface area contributed by atoms with Gasteiger partial charge in [0.25, 0.3) is 5.69 Å². The zero-order chi connectivity index (χ0) is 11.6. The van der Waals surface area contributed by atoms with E-state index < -0.39 is 34.5 Å².